The average Bonchev–Trinajstić information content (AvgIpc) is 2.48. The molecule has 0 aliphatic heterocycles. The molecule has 0 aliphatic carbocycles. The minimum Gasteiger partial charge on any atom is -0.460 e. The molecule has 0 aliphatic rings. The van der Waals surface area contributed by atoms with Gasteiger partial charge in [0.2, 0.25) is 0 Å². The SMILES string of the molecule is NC(Cc1ccc(I)cc1)C(=O)OCc1ccccc1. The normalized spacial score (nSPS) is 11.9. The number of benzene rings is 2. The Morgan fingerprint density at radius 2 is 1.70 bits per heavy atom. The van der Waals surface area contributed by atoms with Crippen molar-refractivity contribution in [2.45, 2.75) is 19.1 Å². The Bertz CT molecular complexity index is 554. The summed E-state index contributed by atoms with van der Waals surface area (Å²) in [6.45, 7) is 0.264. The highest BCUT2D eigenvalue weighted by Gasteiger charge is 2.15. The van der Waals surface area contributed by atoms with E-state index in [4.69, 9.17) is 10.5 Å². The maximum Gasteiger partial charge on any atom is 0.323 e. The number of ether oxygens (including phenoxy) is 1. The summed E-state index contributed by atoms with van der Waals surface area (Å²) in [6.07, 6.45) is 0.491. The van der Waals surface area contributed by atoms with Gasteiger partial charge >= 0.3 is 5.97 Å². The molecular formula is C16H16INO2. The van der Waals surface area contributed by atoms with Crippen molar-refractivity contribution in [1.82, 2.24) is 0 Å². The Labute approximate surface area is 132 Å². The molecule has 0 bridgehead atoms. The van der Waals surface area contributed by atoms with Gasteiger partial charge in [0.25, 0.3) is 0 Å². The summed E-state index contributed by atoms with van der Waals surface area (Å²) in [5, 5.41) is 0. The van der Waals surface area contributed by atoms with Crippen LogP contribution in [0.4, 0.5) is 0 Å². The van der Waals surface area contributed by atoms with Crippen LogP contribution in [0.3, 0.4) is 0 Å². The Morgan fingerprint density at radius 1 is 1.05 bits per heavy atom. The van der Waals surface area contributed by atoms with Gasteiger partial charge in [0.1, 0.15) is 12.6 Å². The molecule has 104 valence electrons. The molecule has 0 saturated heterocycles. The van der Waals surface area contributed by atoms with Gasteiger partial charge in [-0.05, 0) is 52.3 Å². The molecule has 2 aromatic carbocycles. The van der Waals surface area contributed by atoms with Crippen LogP contribution in [0, 0.1) is 3.57 Å². The van der Waals surface area contributed by atoms with Crippen molar-refractivity contribution in [3.8, 4) is 0 Å². The number of esters is 1. The molecule has 0 radical (unpaired) electrons. The predicted octanol–water partition coefficient (Wildman–Crippen LogP) is 2.90. The topological polar surface area (TPSA) is 52.3 Å². The third-order valence-electron chi connectivity index (χ3n) is 2.90. The molecule has 0 heterocycles. The number of halogens is 1. The van der Waals surface area contributed by atoms with Crippen molar-refractivity contribution in [2.75, 3.05) is 0 Å². The molecule has 2 rings (SSSR count). The minimum atomic E-state index is -0.626. The van der Waals surface area contributed by atoms with Gasteiger partial charge in [-0.15, -0.1) is 0 Å². The van der Waals surface area contributed by atoms with Crippen molar-refractivity contribution in [3.05, 3.63) is 69.3 Å². The standard InChI is InChI=1S/C16H16INO2/c17-14-8-6-12(7-9-14)10-15(18)16(19)20-11-13-4-2-1-3-5-13/h1-9,15H,10-11,18H2. The van der Waals surface area contributed by atoms with E-state index in [-0.39, 0.29) is 12.6 Å². The molecule has 3 nitrogen and oxygen atoms in total. The molecule has 2 aromatic rings. The summed E-state index contributed by atoms with van der Waals surface area (Å²) in [4.78, 5) is 11.8. The second kappa shape index (κ2) is 7.40. The second-order valence-corrected chi connectivity index (χ2v) is 5.78. The number of rotatable bonds is 5. The molecule has 0 saturated carbocycles. The lowest BCUT2D eigenvalue weighted by atomic mass is 10.1. The summed E-state index contributed by atoms with van der Waals surface area (Å²) in [5.74, 6) is -0.368. The maximum absolute atomic E-state index is 11.8. The molecule has 0 spiro atoms. The first kappa shape index (κ1) is 15.0. The van der Waals surface area contributed by atoms with Crippen LogP contribution in [0.5, 0.6) is 0 Å². The second-order valence-electron chi connectivity index (χ2n) is 4.53. The lowest BCUT2D eigenvalue weighted by molar-refractivity contribution is -0.146. The lowest BCUT2D eigenvalue weighted by Gasteiger charge is -2.11. The molecule has 2 N–H and O–H groups in total. The summed E-state index contributed by atoms with van der Waals surface area (Å²) in [7, 11) is 0. The van der Waals surface area contributed by atoms with Gasteiger partial charge in [-0.25, -0.2) is 0 Å². The monoisotopic (exact) mass is 381 g/mol. The van der Waals surface area contributed by atoms with Crippen LogP contribution < -0.4 is 5.73 Å². The van der Waals surface area contributed by atoms with E-state index in [0.29, 0.717) is 6.42 Å². The smallest absolute Gasteiger partial charge is 0.323 e. The fourth-order valence-electron chi connectivity index (χ4n) is 1.79. The quantitative estimate of drug-likeness (QED) is 0.640. The first-order valence-corrected chi connectivity index (χ1v) is 7.43. The summed E-state index contributed by atoms with van der Waals surface area (Å²) in [5.41, 5.74) is 7.87. The fraction of sp³-hybridized carbons (Fsp3) is 0.188. The molecule has 0 fully saturated rings. The third kappa shape index (κ3) is 4.61. The van der Waals surface area contributed by atoms with E-state index in [0.717, 1.165) is 14.7 Å². The number of hydrogen-bond acceptors (Lipinski definition) is 3. The maximum atomic E-state index is 11.8. The Kier molecular flexibility index (Phi) is 5.55. The Hall–Kier alpha value is -1.40. The van der Waals surface area contributed by atoms with Gasteiger partial charge in [-0.3, -0.25) is 4.79 Å². The van der Waals surface area contributed by atoms with E-state index in [9.17, 15) is 4.79 Å². The molecule has 0 aromatic heterocycles. The van der Waals surface area contributed by atoms with Gasteiger partial charge in [0.15, 0.2) is 0 Å². The molecule has 1 unspecified atom stereocenters. The zero-order chi connectivity index (χ0) is 14.4. The Morgan fingerprint density at radius 3 is 2.35 bits per heavy atom. The first-order valence-electron chi connectivity index (χ1n) is 6.36. The van der Waals surface area contributed by atoms with Crippen LogP contribution >= 0.6 is 22.6 Å². The van der Waals surface area contributed by atoms with Crippen LogP contribution in [-0.2, 0) is 22.6 Å². The molecule has 20 heavy (non-hydrogen) atoms. The molecule has 0 amide bonds. The van der Waals surface area contributed by atoms with Gasteiger partial charge in [0.05, 0.1) is 0 Å². The molecular weight excluding hydrogens is 365 g/mol. The first-order chi connectivity index (χ1) is 9.65. The van der Waals surface area contributed by atoms with E-state index in [1.165, 1.54) is 0 Å². The highest BCUT2D eigenvalue weighted by atomic mass is 127. The number of nitrogens with two attached hydrogens (primary N) is 1. The number of carbonyl (C=O) groups excluding carboxylic acids is 1. The Balaban J connectivity index is 1.84. The van der Waals surface area contributed by atoms with Crippen LogP contribution in [0.2, 0.25) is 0 Å². The summed E-state index contributed by atoms with van der Waals surface area (Å²) in [6, 6.07) is 16.9. The van der Waals surface area contributed by atoms with Crippen molar-refractivity contribution < 1.29 is 9.53 Å². The van der Waals surface area contributed by atoms with Gasteiger partial charge in [-0.1, -0.05) is 42.5 Å². The number of carbonyl (C=O) groups is 1. The third-order valence-corrected chi connectivity index (χ3v) is 3.61. The van der Waals surface area contributed by atoms with Crippen LogP contribution in [0.25, 0.3) is 0 Å². The highest BCUT2D eigenvalue weighted by Crippen LogP contribution is 2.09. The van der Waals surface area contributed by atoms with E-state index in [1.807, 2.05) is 54.6 Å². The van der Waals surface area contributed by atoms with E-state index < -0.39 is 6.04 Å². The zero-order valence-electron chi connectivity index (χ0n) is 11.0. The average molecular weight is 381 g/mol. The lowest BCUT2D eigenvalue weighted by Crippen LogP contribution is -2.34. The van der Waals surface area contributed by atoms with Crippen LogP contribution in [0.1, 0.15) is 11.1 Å². The largest absolute Gasteiger partial charge is 0.460 e. The van der Waals surface area contributed by atoms with Gasteiger partial charge in [0, 0.05) is 3.57 Å². The van der Waals surface area contributed by atoms with Crippen molar-refractivity contribution in [1.29, 1.82) is 0 Å². The predicted molar refractivity (Wildman–Crippen MR) is 87.1 cm³/mol. The zero-order valence-corrected chi connectivity index (χ0v) is 13.1. The molecule has 1 atom stereocenters. The van der Waals surface area contributed by atoms with Gasteiger partial charge < -0.3 is 10.5 Å². The van der Waals surface area contributed by atoms with E-state index >= 15 is 0 Å². The van der Waals surface area contributed by atoms with Crippen molar-refractivity contribution >= 4 is 28.6 Å². The summed E-state index contributed by atoms with van der Waals surface area (Å²) >= 11 is 2.24. The molecule has 4 heteroatoms. The highest BCUT2D eigenvalue weighted by molar-refractivity contribution is 14.1. The van der Waals surface area contributed by atoms with Crippen LogP contribution in [-0.4, -0.2) is 12.0 Å². The van der Waals surface area contributed by atoms with Crippen molar-refractivity contribution in [3.63, 3.8) is 0 Å². The van der Waals surface area contributed by atoms with E-state index in [2.05, 4.69) is 22.6 Å². The van der Waals surface area contributed by atoms with Crippen LogP contribution in [0.15, 0.2) is 54.6 Å². The van der Waals surface area contributed by atoms with E-state index in [1.54, 1.807) is 0 Å². The van der Waals surface area contributed by atoms with Gasteiger partial charge in [-0.2, -0.15) is 0 Å². The fourth-order valence-corrected chi connectivity index (χ4v) is 2.15. The minimum absolute atomic E-state index is 0.264. The summed E-state index contributed by atoms with van der Waals surface area (Å²) < 4.78 is 6.38. The number of hydrogen-bond donors (Lipinski definition) is 1. The van der Waals surface area contributed by atoms with Crippen molar-refractivity contribution in [2.24, 2.45) is 5.73 Å².